The van der Waals surface area contributed by atoms with Gasteiger partial charge >= 0.3 is 0 Å². The van der Waals surface area contributed by atoms with Crippen molar-refractivity contribution >= 4 is 34.8 Å². The maximum Gasteiger partial charge on any atom is 0.255 e. The van der Waals surface area contributed by atoms with E-state index in [1.165, 1.54) is 18.2 Å². The first-order chi connectivity index (χ1) is 17.8. The molecule has 0 aliphatic carbocycles. The van der Waals surface area contributed by atoms with E-state index in [2.05, 4.69) is 5.32 Å². The Morgan fingerprint density at radius 2 is 1.57 bits per heavy atom. The van der Waals surface area contributed by atoms with Crippen LogP contribution in [0.5, 0.6) is 0 Å². The van der Waals surface area contributed by atoms with Gasteiger partial charge in [-0.2, -0.15) is 0 Å². The van der Waals surface area contributed by atoms with Crippen LogP contribution in [0.15, 0.2) is 97.1 Å². The number of rotatable bonds is 8. The molecule has 37 heavy (non-hydrogen) atoms. The lowest BCUT2D eigenvalue weighted by Gasteiger charge is -2.27. The average molecular weight is 516 g/mol. The number of benzene rings is 4. The minimum atomic E-state index is -0.481. The summed E-state index contributed by atoms with van der Waals surface area (Å²) in [5, 5.41) is 3.22. The zero-order chi connectivity index (χ0) is 26.4. The van der Waals surface area contributed by atoms with E-state index in [0.717, 1.165) is 16.8 Å². The highest BCUT2D eigenvalue weighted by molar-refractivity contribution is 6.33. The van der Waals surface area contributed by atoms with Crippen LogP contribution in [-0.2, 0) is 13.1 Å². The van der Waals surface area contributed by atoms with E-state index in [1.807, 2.05) is 61.5 Å². The van der Waals surface area contributed by atoms with Crippen molar-refractivity contribution < 1.29 is 14.0 Å². The quantitative estimate of drug-likeness (QED) is 0.286. The van der Waals surface area contributed by atoms with E-state index in [-0.39, 0.29) is 18.0 Å². The van der Waals surface area contributed by atoms with Gasteiger partial charge in [-0.05, 0) is 59.7 Å². The van der Waals surface area contributed by atoms with Crippen LogP contribution in [0, 0.1) is 5.82 Å². The first kappa shape index (κ1) is 25.9. The lowest BCUT2D eigenvalue weighted by molar-refractivity contribution is 0.0730. The lowest BCUT2D eigenvalue weighted by atomic mass is 10.1. The van der Waals surface area contributed by atoms with Crippen LogP contribution in [0.4, 0.5) is 15.8 Å². The van der Waals surface area contributed by atoms with Crippen LogP contribution in [0.3, 0.4) is 0 Å². The topological polar surface area (TPSA) is 52.7 Å². The Morgan fingerprint density at radius 3 is 2.27 bits per heavy atom. The highest BCUT2D eigenvalue weighted by Gasteiger charge is 2.21. The summed E-state index contributed by atoms with van der Waals surface area (Å²) in [7, 11) is 3.84. The number of hydrogen-bond donors (Lipinski definition) is 1. The van der Waals surface area contributed by atoms with E-state index < -0.39 is 11.7 Å². The second-order valence-electron chi connectivity index (χ2n) is 8.83. The van der Waals surface area contributed by atoms with E-state index in [0.29, 0.717) is 22.8 Å². The van der Waals surface area contributed by atoms with E-state index >= 15 is 0 Å². The van der Waals surface area contributed by atoms with Gasteiger partial charge in [0.1, 0.15) is 5.82 Å². The summed E-state index contributed by atoms with van der Waals surface area (Å²) in [6.45, 7) is 0.647. The van der Waals surface area contributed by atoms with Crippen molar-refractivity contribution in [3.63, 3.8) is 0 Å². The van der Waals surface area contributed by atoms with Gasteiger partial charge in [-0.1, -0.05) is 60.1 Å². The smallest absolute Gasteiger partial charge is 0.255 e. The minimum absolute atomic E-state index is 0.201. The third kappa shape index (κ3) is 6.54. The highest BCUT2D eigenvalue weighted by Crippen LogP contribution is 2.27. The van der Waals surface area contributed by atoms with Crippen molar-refractivity contribution in [1.29, 1.82) is 0 Å². The van der Waals surface area contributed by atoms with Gasteiger partial charge in [0.25, 0.3) is 11.8 Å². The number of anilines is 2. The normalized spacial score (nSPS) is 10.6. The fourth-order valence-electron chi connectivity index (χ4n) is 4.07. The van der Waals surface area contributed by atoms with Crippen molar-refractivity contribution in [1.82, 2.24) is 4.90 Å². The molecule has 4 aromatic carbocycles. The zero-order valence-electron chi connectivity index (χ0n) is 20.6. The molecule has 188 valence electrons. The summed E-state index contributed by atoms with van der Waals surface area (Å²) in [4.78, 5) is 30.1. The van der Waals surface area contributed by atoms with Gasteiger partial charge in [0, 0.05) is 44.1 Å². The molecule has 4 rings (SSSR count). The van der Waals surface area contributed by atoms with Crippen molar-refractivity contribution in [2.75, 3.05) is 24.3 Å². The summed E-state index contributed by atoms with van der Waals surface area (Å²) < 4.78 is 13.6. The molecule has 0 spiro atoms. The van der Waals surface area contributed by atoms with Gasteiger partial charge in [-0.15, -0.1) is 0 Å². The molecular weight excluding hydrogens is 489 g/mol. The minimum Gasteiger partial charge on any atom is -0.377 e. The second kappa shape index (κ2) is 11.7. The van der Waals surface area contributed by atoms with Crippen LogP contribution < -0.4 is 10.2 Å². The largest absolute Gasteiger partial charge is 0.377 e. The molecule has 0 saturated carbocycles. The van der Waals surface area contributed by atoms with Crippen LogP contribution in [0.1, 0.15) is 31.8 Å². The molecule has 0 radical (unpaired) electrons. The number of carbonyl (C=O) groups is 2. The third-order valence-corrected chi connectivity index (χ3v) is 6.20. The third-order valence-electron chi connectivity index (χ3n) is 5.87. The van der Waals surface area contributed by atoms with Gasteiger partial charge < -0.3 is 15.1 Å². The Bertz CT molecular complexity index is 1410. The molecule has 1 N–H and O–H groups in total. The van der Waals surface area contributed by atoms with Crippen LogP contribution in [0.2, 0.25) is 5.02 Å². The van der Waals surface area contributed by atoms with Gasteiger partial charge in [0.2, 0.25) is 0 Å². The summed E-state index contributed by atoms with van der Waals surface area (Å²) in [5.41, 5.74) is 3.89. The first-order valence-electron chi connectivity index (χ1n) is 11.8. The van der Waals surface area contributed by atoms with Gasteiger partial charge in [-0.3, -0.25) is 9.59 Å². The Hall–Kier alpha value is -4.16. The molecule has 2 amide bonds. The standard InChI is InChI=1S/C30H27ClFN3O2/c1-34(2)28-16-15-25(33-29(36)22-11-8-12-24(32)17-22)18-23(28)20-35(19-21-9-4-3-5-10-21)30(37)26-13-6-7-14-27(26)31/h3-18H,19-20H2,1-2H3,(H,33,36). The van der Waals surface area contributed by atoms with E-state index in [4.69, 9.17) is 11.6 Å². The Labute approximate surface area is 221 Å². The number of nitrogens with zero attached hydrogens (tertiary/aromatic N) is 2. The van der Waals surface area contributed by atoms with Crippen molar-refractivity contribution in [3.8, 4) is 0 Å². The number of hydrogen-bond acceptors (Lipinski definition) is 3. The molecular formula is C30H27ClFN3O2. The average Bonchev–Trinajstić information content (AvgIpc) is 2.89. The highest BCUT2D eigenvalue weighted by atomic mass is 35.5. The maximum atomic E-state index is 13.7. The predicted octanol–water partition coefficient (Wildman–Crippen LogP) is 6.64. The Kier molecular flexibility index (Phi) is 8.21. The molecule has 0 bridgehead atoms. The maximum absolute atomic E-state index is 13.7. The molecule has 0 saturated heterocycles. The van der Waals surface area contributed by atoms with Crippen LogP contribution in [-0.4, -0.2) is 30.8 Å². The van der Waals surface area contributed by atoms with Crippen molar-refractivity contribution in [2.45, 2.75) is 13.1 Å². The molecule has 5 nitrogen and oxygen atoms in total. The zero-order valence-corrected chi connectivity index (χ0v) is 21.4. The Balaban J connectivity index is 1.67. The number of halogens is 2. The van der Waals surface area contributed by atoms with Crippen molar-refractivity contribution in [3.05, 3.63) is 130 Å². The van der Waals surface area contributed by atoms with E-state index in [9.17, 15) is 14.0 Å². The van der Waals surface area contributed by atoms with Crippen LogP contribution >= 0.6 is 11.6 Å². The summed E-state index contributed by atoms with van der Waals surface area (Å²) in [6, 6.07) is 27.7. The SMILES string of the molecule is CN(C)c1ccc(NC(=O)c2cccc(F)c2)cc1CN(Cc1ccccc1)C(=O)c1ccccc1Cl. The van der Waals surface area contributed by atoms with Gasteiger partial charge in [-0.25, -0.2) is 4.39 Å². The molecule has 0 fully saturated rings. The lowest BCUT2D eigenvalue weighted by Crippen LogP contribution is -2.31. The number of carbonyl (C=O) groups excluding carboxylic acids is 2. The number of amides is 2. The summed E-state index contributed by atoms with van der Waals surface area (Å²) >= 11 is 6.37. The molecule has 7 heteroatoms. The molecule has 0 unspecified atom stereocenters. The fraction of sp³-hybridized carbons (Fsp3) is 0.133. The second-order valence-corrected chi connectivity index (χ2v) is 9.24. The summed E-state index contributed by atoms with van der Waals surface area (Å²) in [5.74, 6) is -1.10. The Morgan fingerprint density at radius 1 is 0.838 bits per heavy atom. The number of nitrogens with one attached hydrogen (secondary N) is 1. The monoisotopic (exact) mass is 515 g/mol. The van der Waals surface area contributed by atoms with Gasteiger partial charge in [0.05, 0.1) is 10.6 Å². The predicted molar refractivity (Wildman–Crippen MR) is 147 cm³/mol. The fourth-order valence-corrected chi connectivity index (χ4v) is 4.29. The molecule has 0 aliphatic rings. The first-order valence-corrected chi connectivity index (χ1v) is 12.1. The molecule has 0 atom stereocenters. The molecule has 0 heterocycles. The molecule has 4 aromatic rings. The van der Waals surface area contributed by atoms with Gasteiger partial charge in [0.15, 0.2) is 0 Å². The van der Waals surface area contributed by atoms with E-state index in [1.54, 1.807) is 41.3 Å². The summed E-state index contributed by atoms with van der Waals surface area (Å²) in [6.07, 6.45) is 0. The van der Waals surface area contributed by atoms with Crippen molar-refractivity contribution in [2.24, 2.45) is 0 Å². The molecule has 0 aromatic heterocycles. The molecule has 0 aliphatic heterocycles. The van der Waals surface area contributed by atoms with Crippen LogP contribution in [0.25, 0.3) is 0 Å².